The summed E-state index contributed by atoms with van der Waals surface area (Å²) in [5, 5.41) is 11.6. The molecule has 0 bridgehead atoms. The summed E-state index contributed by atoms with van der Waals surface area (Å²) in [6.07, 6.45) is 1.28. The molecule has 0 radical (unpaired) electrons. The highest BCUT2D eigenvalue weighted by Crippen LogP contribution is 2.35. The van der Waals surface area contributed by atoms with E-state index in [9.17, 15) is 14.7 Å². The molecule has 2 aromatic rings. The van der Waals surface area contributed by atoms with Crippen LogP contribution in [0, 0.1) is 0 Å². The normalized spacial score (nSPS) is 15.8. The molecule has 1 saturated heterocycles. The monoisotopic (exact) mass is 344 g/mol. The third-order valence-corrected chi connectivity index (χ3v) is 3.71. The zero-order chi connectivity index (χ0) is 17.3. The number of nitrogens with zero attached hydrogens (tertiary/aromatic N) is 1. The molecule has 24 heavy (non-hydrogen) atoms. The van der Waals surface area contributed by atoms with E-state index < -0.39 is 11.8 Å². The van der Waals surface area contributed by atoms with Crippen molar-refractivity contribution in [3.8, 4) is 11.5 Å². The largest absolute Gasteiger partial charge is 0.504 e. The van der Waals surface area contributed by atoms with Gasteiger partial charge in [0, 0.05) is 16.7 Å². The molecule has 0 unspecified atom stereocenters. The molecule has 0 saturated carbocycles. The Morgan fingerprint density at radius 2 is 1.92 bits per heavy atom. The van der Waals surface area contributed by atoms with E-state index in [-0.39, 0.29) is 22.6 Å². The number of benzene rings is 2. The lowest BCUT2D eigenvalue weighted by Crippen LogP contribution is -2.35. The Balaban J connectivity index is 2.01. The summed E-state index contributed by atoms with van der Waals surface area (Å²) < 4.78 is 5.02. The molecule has 1 aliphatic rings. The summed E-state index contributed by atoms with van der Waals surface area (Å²) in [5.74, 6) is -1.14. The Bertz CT molecular complexity index is 849. The van der Waals surface area contributed by atoms with E-state index in [1.807, 2.05) is 0 Å². The number of para-hydroxylation sites is 1. The highest BCUT2D eigenvalue weighted by Gasteiger charge is 2.34. The molecule has 0 aromatic heterocycles. The van der Waals surface area contributed by atoms with E-state index in [4.69, 9.17) is 16.3 Å². The van der Waals surface area contributed by atoms with E-state index in [0.29, 0.717) is 10.7 Å². The van der Waals surface area contributed by atoms with Crippen molar-refractivity contribution in [3.05, 3.63) is 58.6 Å². The zero-order valence-electron chi connectivity index (χ0n) is 12.6. The number of phenols is 1. The summed E-state index contributed by atoms with van der Waals surface area (Å²) in [6, 6.07) is 11.6. The number of aromatic hydroxyl groups is 1. The number of carbonyl (C=O) groups excluding carboxylic acids is 2. The number of hydrogen-bond donors (Lipinski definition) is 2. The standard InChI is InChI=1S/C17H13ClN2O4/c1-24-14-9-11(18)7-10(15(14)21)8-13-16(22)19-20(17(13)23)12-5-3-2-4-6-12/h2-9,21H,1H3,(H,19,22). The lowest BCUT2D eigenvalue weighted by molar-refractivity contribution is -0.117. The van der Waals surface area contributed by atoms with Crippen molar-refractivity contribution in [2.75, 3.05) is 12.1 Å². The summed E-state index contributed by atoms with van der Waals surface area (Å²) >= 11 is 5.97. The van der Waals surface area contributed by atoms with E-state index in [1.165, 1.54) is 25.3 Å². The number of hydrogen-bond acceptors (Lipinski definition) is 4. The Hall–Kier alpha value is -2.99. The van der Waals surface area contributed by atoms with Crippen LogP contribution in [0.5, 0.6) is 11.5 Å². The van der Waals surface area contributed by atoms with Crippen molar-refractivity contribution in [2.24, 2.45) is 0 Å². The van der Waals surface area contributed by atoms with Crippen molar-refractivity contribution >= 4 is 35.2 Å². The van der Waals surface area contributed by atoms with Gasteiger partial charge in [-0.15, -0.1) is 0 Å². The third-order valence-electron chi connectivity index (χ3n) is 3.49. The lowest BCUT2D eigenvalue weighted by Gasteiger charge is -2.13. The van der Waals surface area contributed by atoms with E-state index in [2.05, 4.69) is 5.43 Å². The highest BCUT2D eigenvalue weighted by molar-refractivity contribution is 6.32. The van der Waals surface area contributed by atoms with Crippen molar-refractivity contribution in [2.45, 2.75) is 0 Å². The molecule has 2 amide bonds. The van der Waals surface area contributed by atoms with E-state index in [0.717, 1.165) is 5.01 Å². The van der Waals surface area contributed by atoms with Gasteiger partial charge in [0.05, 0.1) is 12.8 Å². The second kappa shape index (κ2) is 6.25. The molecular weight excluding hydrogens is 332 g/mol. The summed E-state index contributed by atoms with van der Waals surface area (Å²) in [4.78, 5) is 24.6. The first-order chi connectivity index (χ1) is 11.5. The minimum Gasteiger partial charge on any atom is -0.504 e. The quantitative estimate of drug-likeness (QED) is 0.662. The van der Waals surface area contributed by atoms with Crippen LogP contribution in [0.25, 0.3) is 6.08 Å². The molecule has 2 aromatic carbocycles. The summed E-state index contributed by atoms with van der Waals surface area (Å²) in [6.45, 7) is 0. The Morgan fingerprint density at radius 1 is 1.21 bits per heavy atom. The van der Waals surface area contributed by atoms with Crippen molar-refractivity contribution in [3.63, 3.8) is 0 Å². The molecule has 7 heteroatoms. The number of phenolic OH excluding ortho intramolecular Hbond substituents is 1. The molecule has 6 nitrogen and oxygen atoms in total. The first-order valence-corrected chi connectivity index (χ1v) is 7.37. The van der Waals surface area contributed by atoms with Gasteiger partial charge in [-0.2, -0.15) is 0 Å². The fourth-order valence-electron chi connectivity index (χ4n) is 2.33. The fraction of sp³-hybridized carbons (Fsp3) is 0.0588. The van der Waals surface area contributed by atoms with Gasteiger partial charge in [-0.1, -0.05) is 29.8 Å². The SMILES string of the molecule is COc1cc(Cl)cc(C=C2C(=O)NN(c3ccccc3)C2=O)c1O. The van der Waals surface area contributed by atoms with Gasteiger partial charge in [-0.3, -0.25) is 15.0 Å². The van der Waals surface area contributed by atoms with Gasteiger partial charge in [-0.05, 0) is 24.3 Å². The van der Waals surface area contributed by atoms with Crippen molar-refractivity contribution < 1.29 is 19.4 Å². The van der Waals surface area contributed by atoms with Crippen LogP contribution < -0.4 is 15.2 Å². The highest BCUT2D eigenvalue weighted by atomic mass is 35.5. The molecule has 1 heterocycles. The zero-order valence-corrected chi connectivity index (χ0v) is 13.4. The lowest BCUT2D eigenvalue weighted by atomic mass is 10.1. The average Bonchev–Trinajstić information content (AvgIpc) is 2.86. The predicted molar refractivity (Wildman–Crippen MR) is 89.7 cm³/mol. The number of rotatable bonds is 3. The maximum Gasteiger partial charge on any atom is 0.282 e. The van der Waals surface area contributed by atoms with Crippen LogP contribution in [0.15, 0.2) is 48.0 Å². The van der Waals surface area contributed by atoms with Gasteiger partial charge < -0.3 is 9.84 Å². The van der Waals surface area contributed by atoms with Gasteiger partial charge in [0.1, 0.15) is 5.57 Å². The van der Waals surface area contributed by atoms with Gasteiger partial charge in [0.2, 0.25) is 0 Å². The number of carbonyl (C=O) groups is 2. The molecule has 2 N–H and O–H groups in total. The Morgan fingerprint density at radius 3 is 2.58 bits per heavy atom. The molecule has 3 rings (SSSR count). The maximum absolute atomic E-state index is 12.5. The molecular formula is C17H13ClN2O4. The number of anilines is 1. The number of methoxy groups -OCH3 is 1. The molecule has 0 aliphatic carbocycles. The summed E-state index contributed by atoms with van der Waals surface area (Å²) in [7, 11) is 1.38. The Labute approximate surface area is 142 Å². The van der Waals surface area contributed by atoms with Gasteiger partial charge in [-0.25, -0.2) is 5.01 Å². The molecule has 0 atom stereocenters. The molecule has 1 fully saturated rings. The fourth-order valence-corrected chi connectivity index (χ4v) is 2.55. The van der Waals surface area contributed by atoms with E-state index >= 15 is 0 Å². The number of amides is 2. The van der Waals surface area contributed by atoms with Crippen LogP contribution in [0.2, 0.25) is 5.02 Å². The van der Waals surface area contributed by atoms with Gasteiger partial charge in [0.15, 0.2) is 11.5 Å². The second-order valence-electron chi connectivity index (χ2n) is 5.02. The minimum absolute atomic E-state index is 0.113. The second-order valence-corrected chi connectivity index (χ2v) is 5.46. The molecule has 122 valence electrons. The van der Waals surface area contributed by atoms with Crippen molar-refractivity contribution in [1.82, 2.24) is 5.43 Å². The maximum atomic E-state index is 12.5. The van der Waals surface area contributed by atoms with Crippen LogP contribution in [-0.4, -0.2) is 24.0 Å². The minimum atomic E-state index is -0.567. The smallest absolute Gasteiger partial charge is 0.282 e. The first kappa shape index (κ1) is 15.9. The molecule has 0 spiro atoms. The number of hydrazine groups is 1. The number of nitrogens with one attached hydrogen (secondary N) is 1. The van der Waals surface area contributed by atoms with Crippen LogP contribution >= 0.6 is 11.6 Å². The van der Waals surface area contributed by atoms with Crippen LogP contribution in [-0.2, 0) is 9.59 Å². The number of ether oxygens (including phenoxy) is 1. The predicted octanol–water partition coefficient (Wildman–Crippen LogP) is 2.52. The van der Waals surface area contributed by atoms with Crippen molar-refractivity contribution in [1.29, 1.82) is 0 Å². The average molecular weight is 345 g/mol. The summed E-state index contributed by atoms with van der Waals surface area (Å²) in [5.41, 5.74) is 3.12. The van der Waals surface area contributed by atoms with Crippen LogP contribution in [0.3, 0.4) is 0 Å². The molecule has 1 aliphatic heterocycles. The first-order valence-electron chi connectivity index (χ1n) is 7.00. The van der Waals surface area contributed by atoms with E-state index in [1.54, 1.807) is 30.3 Å². The number of halogens is 1. The Kier molecular flexibility index (Phi) is 4.14. The van der Waals surface area contributed by atoms with Gasteiger partial charge in [0.25, 0.3) is 11.8 Å². The van der Waals surface area contributed by atoms with Crippen LogP contribution in [0.4, 0.5) is 5.69 Å². The topological polar surface area (TPSA) is 78.9 Å². The third kappa shape index (κ3) is 2.79. The van der Waals surface area contributed by atoms with Gasteiger partial charge >= 0.3 is 0 Å². The van der Waals surface area contributed by atoms with Crippen LogP contribution in [0.1, 0.15) is 5.56 Å².